The Balaban J connectivity index is 1.21. The van der Waals surface area contributed by atoms with Crippen LogP contribution in [0.2, 0.25) is 0 Å². The van der Waals surface area contributed by atoms with Gasteiger partial charge in [0.2, 0.25) is 11.8 Å². The van der Waals surface area contributed by atoms with E-state index in [1.165, 1.54) is 29.8 Å². The van der Waals surface area contributed by atoms with Gasteiger partial charge in [0, 0.05) is 29.0 Å². The Morgan fingerprint density at radius 1 is 0.946 bits per heavy atom. The van der Waals surface area contributed by atoms with Crippen LogP contribution in [0.3, 0.4) is 0 Å². The summed E-state index contributed by atoms with van der Waals surface area (Å²) in [6.07, 6.45) is 4.46. The third kappa shape index (κ3) is 5.44. The van der Waals surface area contributed by atoms with Gasteiger partial charge in [-0.15, -0.1) is 0 Å². The first-order valence-corrected chi connectivity index (χ1v) is 13.0. The molecule has 2 N–H and O–H groups in total. The largest absolute Gasteiger partial charge is 0.496 e. The first-order valence-electron chi connectivity index (χ1n) is 12.0. The van der Waals surface area contributed by atoms with Crippen molar-refractivity contribution >= 4 is 56.7 Å². The summed E-state index contributed by atoms with van der Waals surface area (Å²) in [6, 6.07) is 19.3. The molecule has 1 aromatic heterocycles. The number of anilines is 2. The third-order valence-electron chi connectivity index (χ3n) is 6.72. The number of methoxy groups -OCH3 is 1. The Labute approximate surface area is 227 Å². The number of aryl methyl sites for hydroxylation is 2. The van der Waals surface area contributed by atoms with Crippen molar-refractivity contribution in [3.8, 4) is 5.75 Å². The lowest BCUT2D eigenvalue weighted by molar-refractivity contribution is -0.131. The van der Waals surface area contributed by atoms with E-state index in [-0.39, 0.29) is 17.6 Å². The van der Waals surface area contributed by atoms with Gasteiger partial charge < -0.3 is 15.4 Å². The molecule has 8 heteroatoms. The molecule has 6 nitrogen and oxygen atoms in total. The number of nitrogens with one attached hydrogen (secondary N) is 2. The van der Waals surface area contributed by atoms with Gasteiger partial charge in [0.25, 0.3) is 0 Å². The molecule has 0 radical (unpaired) electrons. The van der Waals surface area contributed by atoms with E-state index in [1.807, 2.05) is 42.6 Å². The Morgan fingerprint density at radius 3 is 2.16 bits per heavy atom. The van der Waals surface area contributed by atoms with E-state index < -0.39 is 5.41 Å². The molecule has 0 unspecified atom stereocenters. The molecule has 188 valence electrons. The van der Waals surface area contributed by atoms with E-state index in [2.05, 4.69) is 44.3 Å². The number of nitrogens with zero attached hydrogens (tertiary/aromatic N) is 1. The van der Waals surface area contributed by atoms with Gasteiger partial charge in [-0.25, -0.2) is 4.39 Å². The highest BCUT2D eigenvalue weighted by Crippen LogP contribution is 2.47. The number of aromatic nitrogens is 1. The maximum absolute atomic E-state index is 13.1. The molecular weight excluding hydrogens is 584 g/mol. The summed E-state index contributed by atoms with van der Waals surface area (Å²) in [4.78, 5) is 30.2. The fraction of sp³-hybridized carbons (Fsp3) is 0.207. The summed E-state index contributed by atoms with van der Waals surface area (Å²) < 4.78 is 19.6. The number of rotatable bonds is 8. The number of pyridine rings is 1. The van der Waals surface area contributed by atoms with Crippen LogP contribution in [0, 0.1) is 14.8 Å². The number of carbonyl (C=O) groups excluding carboxylic acids is 2. The normalized spacial score (nSPS) is 13.7. The fourth-order valence-corrected chi connectivity index (χ4v) is 5.02. The van der Waals surface area contributed by atoms with Gasteiger partial charge in [0.1, 0.15) is 17.0 Å². The second-order valence-corrected chi connectivity index (χ2v) is 10.3. The first kappa shape index (κ1) is 25.1. The van der Waals surface area contributed by atoms with Crippen LogP contribution in [0.1, 0.15) is 24.0 Å². The number of hydrogen-bond donors (Lipinski definition) is 2. The predicted molar refractivity (Wildman–Crippen MR) is 150 cm³/mol. The molecule has 5 rings (SSSR count). The number of amides is 2. The van der Waals surface area contributed by atoms with Crippen LogP contribution in [-0.4, -0.2) is 23.9 Å². The van der Waals surface area contributed by atoms with E-state index in [0.29, 0.717) is 24.2 Å². The summed E-state index contributed by atoms with van der Waals surface area (Å²) in [7, 11) is 1.66. The van der Waals surface area contributed by atoms with E-state index in [4.69, 9.17) is 4.74 Å². The van der Waals surface area contributed by atoms with Gasteiger partial charge in [0.15, 0.2) is 0 Å². The smallest absolute Gasteiger partial charge is 0.240 e. The summed E-state index contributed by atoms with van der Waals surface area (Å²) in [5.41, 5.74) is 3.28. The van der Waals surface area contributed by atoms with Crippen molar-refractivity contribution in [3.05, 3.63) is 93.4 Å². The molecule has 1 saturated carbocycles. The number of ether oxygens (including phenoxy) is 1. The minimum absolute atomic E-state index is 0.326. The molecule has 0 bridgehead atoms. The zero-order valence-corrected chi connectivity index (χ0v) is 22.3. The molecule has 1 aliphatic rings. The zero-order chi connectivity index (χ0) is 26.0. The summed E-state index contributed by atoms with van der Waals surface area (Å²) in [5, 5.41) is 6.72. The van der Waals surface area contributed by atoms with Crippen molar-refractivity contribution in [3.63, 3.8) is 0 Å². The molecule has 37 heavy (non-hydrogen) atoms. The van der Waals surface area contributed by atoms with Gasteiger partial charge in [-0.05, 0) is 108 Å². The molecule has 0 atom stereocenters. The Kier molecular flexibility index (Phi) is 7.10. The lowest BCUT2D eigenvalue weighted by Gasteiger charge is -2.16. The van der Waals surface area contributed by atoms with Crippen LogP contribution in [0.4, 0.5) is 15.8 Å². The first-order chi connectivity index (χ1) is 17.9. The fourth-order valence-electron chi connectivity index (χ4n) is 4.33. The van der Waals surface area contributed by atoms with Crippen LogP contribution < -0.4 is 15.4 Å². The van der Waals surface area contributed by atoms with Crippen molar-refractivity contribution in [1.82, 2.24) is 4.98 Å². The summed E-state index contributed by atoms with van der Waals surface area (Å²) in [6.45, 7) is 0. The number of halogens is 2. The minimum atomic E-state index is -1.09. The average Bonchev–Trinajstić information content (AvgIpc) is 3.72. The van der Waals surface area contributed by atoms with Crippen LogP contribution >= 0.6 is 22.6 Å². The molecule has 0 aliphatic heterocycles. The van der Waals surface area contributed by atoms with E-state index in [0.717, 1.165) is 38.6 Å². The molecule has 1 aliphatic carbocycles. The van der Waals surface area contributed by atoms with Crippen molar-refractivity contribution < 1.29 is 18.7 Å². The van der Waals surface area contributed by atoms with Gasteiger partial charge in [-0.3, -0.25) is 14.6 Å². The third-order valence-corrected chi connectivity index (χ3v) is 7.56. The maximum Gasteiger partial charge on any atom is 0.240 e. The van der Waals surface area contributed by atoms with E-state index in [9.17, 15) is 14.0 Å². The molecule has 0 saturated heterocycles. The lowest BCUT2D eigenvalue weighted by Crippen LogP contribution is -2.35. The molecule has 1 fully saturated rings. The standard InChI is InChI=1S/C29H25FIN3O3/c1-37-26-17-25-23(16-24(26)31)19(12-15-32-25)5-2-18-3-8-21(9-4-18)33-27(35)29(13-14-29)28(36)34-22-10-6-20(30)7-11-22/h3-4,6-12,15-17H,2,5,13-14H2,1H3,(H,33,35)(H,34,36). The van der Waals surface area contributed by atoms with Crippen LogP contribution in [0.5, 0.6) is 5.75 Å². The molecule has 0 spiro atoms. The number of hydrogen-bond acceptors (Lipinski definition) is 4. The molecule has 4 aromatic rings. The topological polar surface area (TPSA) is 80.3 Å². The zero-order valence-electron chi connectivity index (χ0n) is 20.2. The molecule has 2 amide bonds. The number of benzene rings is 3. The van der Waals surface area contributed by atoms with Gasteiger partial charge in [-0.1, -0.05) is 12.1 Å². The number of fused-ring (bicyclic) bond motifs is 1. The van der Waals surface area contributed by atoms with Gasteiger partial charge in [-0.2, -0.15) is 0 Å². The second-order valence-electron chi connectivity index (χ2n) is 9.17. The van der Waals surface area contributed by atoms with Crippen LogP contribution in [0.15, 0.2) is 72.9 Å². The van der Waals surface area contributed by atoms with Gasteiger partial charge in [0.05, 0.1) is 16.2 Å². The van der Waals surface area contributed by atoms with Crippen LogP contribution in [-0.2, 0) is 22.4 Å². The maximum atomic E-state index is 13.1. The summed E-state index contributed by atoms with van der Waals surface area (Å²) in [5.74, 6) is -0.264. The number of carbonyl (C=O) groups is 2. The Hall–Kier alpha value is -3.53. The Bertz CT molecular complexity index is 1470. The van der Waals surface area contributed by atoms with E-state index >= 15 is 0 Å². The predicted octanol–water partition coefficient (Wildman–Crippen LogP) is 6.13. The Morgan fingerprint density at radius 2 is 1.57 bits per heavy atom. The second kappa shape index (κ2) is 10.5. The van der Waals surface area contributed by atoms with Crippen molar-refractivity contribution in [2.45, 2.75) is 25.7 Å². The summed E-state index contributed by atoms with van der Waals surface area (Å²) >= 11 is 2.27. The SMILES string of the molecule is COc1cc2nccc(CCc3ccc(NC(=O)C4(C(=O)Nc5ccc(F)cc5)CC4)cc3)c2cc1I. The van der Waals surface area contributed by atoms with E-state index in [1.54, 1.807) is 7.11 Å². The lowest BCUT2D eigenvalue weighted by atomic mass is 10.0. The quantitative estimate of drug-likeness (QED) is 0.186. The minimum Gasteiger partial charge on any atom is -0.496 e. The average molecular weight is 609 g/mol. The monoisotopic (exact) mass is 609 g/mol. The van der Waals surface area contributed by atoms with Gasteiger partial charge >= 0.3 is 0 Å². The van der Waals surface area contributed by atoms with Crippen molar-refractivity contribution in [2.75, 3.05) is 17.7 Å². The molecule has 3 aromatic carbocycles. The highest BCUT2D eigenvalue weighted by Gasteiger charge is 2.56. The molecule has 1 heterocycles. The molecular formula is C29H25FIN3O3. The van der Waals surface area contributed by atoms with Crippen molar-refractivity contribution in [2.24, 2.45) is 5.41 Å². The highest BCUT2D eigenvalue weighted by molar-refractivity contribution is 14.1. The highest BCUT2D eigenvalue weighted by atomic mass is 127. The van der Waals surface area contributed by atoms with Crippen LogP contribution in [0.25, 0.3) is 10.9 Å². The van der Waals surface area contributed by atoms with Crippen molar-refractivity contribution in [1.29, 1.82) is 0 Å².